The van der Waals surface area contributed by atoms with E-state index in [0.29, 0.717) is 25.3 Å². The van der Waals surface area contributed by atoms with E-state index in [0.717, 1.165) is 12.8 Å². The van der Waals surface area contributed by atoms with Gasteiger partial charge in [0.2, 0.25) is 0 Å². The van der Waals surface area contributed by atoms with Crippen LogP contribution >= 0.6 is 0 Å². The predicted octanol–water partition coefficient (Wildman–Crippen LogP) is 2.38. The van der Waals surface area contributed by atoms with Crippen LogP contribution in [0, 0.1) is 0 Å². The summed E-state index contributed by atoms with van der Waals surface area (Å²) in [5, 5.41) is 3.07. The molecule has 1 aromatic carbocycles. The van der Waals surface area contributed by atoms with Gasteiger partial charge in [0.05, 0.1) is 25.7 Å². The fraction of sp³-hybridized carbons (Fsp3) is 0.556. The third-order valence-corrected chi connectivity index (χ3v) is 3.47. The first-order chi connectivity index (χ1) is 11.1. The lowest BCUT2D eigenvalue weighted by molar-refractivity contribution is -0.143. The summed E-state index contributed by atoms with van der Waals surface area (Å²) in [7, 11) is 1.59. The third-order valence-electron chi connectivity index (χ3n) is 3.47. The summed E-state index contributed by atoms with van der Waals surface area (Å²) in [5.74, 6) is -0.476. The van der Waals surface area contributed by atoms with Crippen molar-refractivity contribution in [3.05, 3.63) is 35.4 Å². The Kier molecular flexibility index (Phi) is 9.17. The minimum absolute atomic E-state index is 0.0209. The van der Waals surface area contributed by atoms with Gasteiger partial charge >= 0.3 is 5.97 Å². The predicted molar refractivity (Wildman–Crippen MR) is 89.7 cm³/mol. The Hall–Kier alpha value is -1.72. The molecule has 0 aromatic heterocycles. The van der Waals surface area contributed by atoms with Crippen molar-refractivity contribution in [2.75, 3.05) is 26.9 Å². The minimum Gasteiger partial charge on any atom is -0.466 e. The summed E-state index contributed by atoms with van der Waals surface area (Å²) in [6.07, 6.45) is 2.08. The normalized spacial score (nSPS) is 12.0. The standard InChI is InChI=1S/C18H27NO4/c1-4-6-14-7-9-15(10-8-14)18(21)16(19-11-12-22-3)13-17(20)23-5-2/h7-10,16,19H,4-6,11-13H2,1-3H3. The Morgan fingerprint density at radius 2 is 1.87 bits per heavy atom. The second kappa shape index (κ2) is 10.9. The van der Waals surface area contributed by atoms with Crippen molar-refractivity contribution in [2.24, 2.45) is 0 Å². The first kappa shape index (κ1) is 19.3. The highest BCUT2D eigenvalue weighted by Crippen LogP contribution is 2.11. The Labute approximate surface area is 138 Å². The quantitative estimate of drug-likeness (QED) is 0.385. The molecule has 1 aromatic rings. The SMILES string of the molecule is CCCc1ccc(C(=O)C(CC(=O)OCC)NCCOC)cc1. The zero-order valence-corrected chi connectivity index (χ0v) is 14.3. The van der Waals surface area contributed by atoms with Crippen molar-refractivity contribution in [3.63, 3.8) is 0 Å². The summed E-state index contributed by atoms with van der Waals surface area (Å²) >= 11 is 0. The molecular weight excluding hydrogens is 294 g/mol. The summed E-state index contributed by atoms with van der Waals surface area (Å²) in [5.41, 5.74) is 1.81. The van der Waals surface area contributed by atoms with Crippen molar-refractivity contribution >= 4 is 11.8 Å². The maximum Gasteiger partial charge on any atom is 0.307 e. The van der Waals surface area contributed by atoms with E-state index in [9.17, 15) is 9.59 Å². The topological polar surface area (TPSA) is 64.6 Å². The Balaban J connectivity index is 2.77. The lowest BCUT2D eigenvalue weighted by atomic mass is 9.99. The van der Waals surface area contributed by atoms with E-state index in [1.54, 1.807) is 14.0 Å². The number of esters is 1. The Bertz CT molecular complexity index is 484. The molecule has 0 saturated heterocycles. The lowest BCUT2D eigenvalue weighted by Gasteiger charge is -2.17. The van der Waals surface area contributed by atoms with E-state index in [1.165, 1.54) is 5.56 Å². The van der Waals surface area contributed by atoms with E-state index >= 15 is 0 Å². The van der Waals surface area contributed by atoms with Gasteiger partial charge in [-0.2, -0.15) is 0 Å². The van der Waals surface area contributed by atoms with Crippen molar-refractivity contribution in [1.29, 1.82) is 0 Å². The maximum atomic E-state index is 12.6. The molecule has 5 heteroatoms. The average Bonchev–Trinajstić information content (AvgIpc) is 2.55. The van der Waals surface area contributed by atoms with Gasteiger partial charge in [0, 0.05) is 19.2 Å². The maximum absolute atomic E-state index is 12.6. The van der Waals surface area contributed by atoms with E-state index in [1.807, 2.05) is 24.3 Å². The van der Waals surface area contributed by atoms with Crippen LogP contribution < -0.4 is 5.32 Å². The van der Waals surface area contributed by atoms with Crippen LogP contribution in [0.3, 0.4) is 0 Å². The molecule has 0 heterocycles. The van der Waals surface area contributed by atoms with Crippen LogP contribution in [0.25, 0.3) is 0 Å². The molecule has 0 aliphatic heterocycles. The van der Waals surface area contributed by atoms with Crippen molar-refractivity contribution < 1.29 is 19.1 Å². The van der Waals surface area contributed by atoms with Crippen LogP contribution in [0.4, 0.5) is 0 Å². The van der Waals surface area contributed by atoms with E-state index in [-0.39, 0.29) is 18.2 Å². The molecule has 0 spiro atoms. The minimum atomic E-state index is -0.596. The van der Waals surface area contributed by atoms with Gasteiger partial charge in [0.1, 0.15) is 0 Å². The molecule has 1 N–H and O–H groups in total. The number of hydrogen-bond donors (Lipinski definition) is 1. The highest BCUT2D eigenvalue weighted by Gasteiger charge is 2.23. The van der Waals surface area contributed by atoms with Crippen LogP contribution in [0.5, 0.6) is 0 Å². The molecule has 0 saturated carbocycles. The number of benzene rings is 1. The van der Waals surface area contributed by atoms with E-state index < -0.39 is 6.04 Å². The number of ether oxygens (including phenoxy) is 2. The summed E-state index contributed by atoms with van der Waals surface area (Å²) in [4.78, 5) is 24.4. The van der Waals surface area contributed by atoms with Gasteiger partial charge in [-0.3, -0.25) is 9.59 Å². The average molecular weight is 321 g/mol. The molecule has 128 valence electrons. The molecule has 0 bridgehead atoms. The molecule has 1 unspecified atom stereocenters. The van der Waals surface area contributed by atoms with Gasteiger partial charge < -0.3 is 14.8 Å². The number of carbonyl (C=O) groups excluding carboxylic acids is 2. The Morgan fingerprint density at radius 1 is 1.17 bits per heavy atom. The van der Waals surface area contributed by atoms with Gasteiger partial charge in [-0.1, -0.05) is 37.6 Å². The van der Waals surface area contributed by atoms with Crippen LogP contribution in [-0.4, -0.2) is 44.7 Å². The van der Waals surface area contributed by atoms with Crippen molar-refractivity contribution in [1.82, 2.24) is 5.32 Å². The number of methoxy groups -OCH3 is 1. The first-order valence-electron chi connectivity index (χ1n) is 8.13. The van der Waals surface area contributed by atoms with Gasteiger partial charge in [-0.25, -0.2) is 0 Å². The number of ketones is 1. The molecule has 1 atom stereocenters. The second-order valence-corrected chi connectivity index (χ2v) is 5.32. The molecule has 23 heavy (non-hydrogen) atoms. The molecule has 5 nitrogen and oxygen atoms in total. The van der Waals surface area contributed by atoms with Crippen LogP contribution in [0.15, 0.2) is 24.3 Å². The Morgan fingerprint density at radius 3 is 2.43 bits per heavy atom. The summed E-state index contributed by atoms with van der Waals surface area (Å²) in [6.45, 7) is 5.15. The molecule has 0 aliphatic carbocycles. The highest BCUT2D eigenvalue weighted by molar-refractivity contribution is 6.01. The number of hydrogen-bond acceptors (Lipinski definition) is 5. The largest absolute Gasteiger partial charge is 0.466 e. The molecule has 0 amide bonds. The second-order valence-electron chi connectivity index (χ2n) is 5.32. The van der Waals surface area contributed by atoms with Crippen LogP contribution in [-0.2, 0) is 20.7 Å². The molecular formula is C18H27NO4. The lowest BCUT2D eigenvalue weighted by Crippen LogP contribution is -2.40. The van der Waals surface area contributed by atoms with Gasteiger partial charge in [-0.05, 0) is 18.9 Å². The summed E-state index contributed by atoms with van der Waals surface area (Å²) in [6, 6.07) is 6.98. The van der Waals surface area contributed by atoms with Crippen LogP contribution in [0.1, 0.15) is 42.6 Å². The van der Waals surface area contributed by atoms with Crippen LogP contribution in [0.2, 0.25) is 0 Å². The monoisotopic (exact) mass is 321 g/mol. The highest BCUT2D eigenvalue weighted by atomic mass is 16.5. The zero-order valence-electron chi connectivity index (χ0n) is 14.3. The summed E-state index contributed by atoms with van der Waals surface area (Å²) < 4.78 is 9.94. The van der Waals surface area contributed by atoms with E-state index in [4.69, 9.17) is 9.47 Å². The van der Waals surface area contributed by atoms with Crippen molar-refractivity contribution in [2.45, 2.75) is 39.2 Å². The van der Waals surface area contributed by atoms with E-state index in [2.05, 4.69) is 12.2 Å². The molecule has 1 rings (SSSR count). The van der Waals surface area contributed by atoms with Gasteiger partial charge in [0.15, 0.2) is 5.78 Å². The first-order valence-corrected chi connectivity index (χ1v) is 8.13. The smallest absolute Gasteiger partial charge is 0.307 e. The van der Waals surface area contributed by atoms with Gasteiger partial charge in [0.25, 0.3) is 0 Å². The molecule has 0 aliphatic rings. The number of rotatable bonds is 11. The number of nitrogens with one attached hydrogen (secondary N) is 1. The number of Topliss-reactive ketones (excluding diaryl/α,β-unsaturated/α-hetero) is 1. The van der Waals surface area contributed by atoms with Gasteiger partial charge in [-0.15, -0.1) is 0 Å². The number of carbonyl (C=O) groups is 2. The van der Waals surface area contributed by atoms with Crippen molar-refractivity contribution in [3.8, 4) is 0 Å². The fourth-order valence-corrected chi connectivity index (χ4v) is 2.30. The fourth-order valence-electron chi connectivity index (χ4n) is 2.30. The zero-order chi connectivity index (χ0) is 17.1. The third kappa shape index (κ3) is 6.93. The number of aryl methyl sites for hydroxylation is 1. The molecule has 0 radical (unpaired) electrons. The molecule has 0 fully saturated rings.